The second-order valence-corrected chi connectivity index (χ2v) is 5.96. The Kier molecular flexibility index (Phi) is 4.94. The molecule has 0 radical (unpaired) electrons. The van der Waals surface area contributed by atoms with E-state index in [0.29, 0.717) is 12.4 Å². The molecule has 4 N–H and O–H groups in total. The number of benzene rings is 1. The zero-order chi connectivity index (χ0) is 15.3. The lowest BCUT2D eigenvalue weighted by molar-refractivity contribution is 0.160. The summed E-state index contributed by atoms with van der Waals surface area (Å²) < 4.78 is 0. The van der Waals surface area contributed by atoms with Gasteiger partial charge in [0, 0.05) is 23.8 Å². The van der Waals surface area contributed by atoms with Crippen LogP contribution < -0.4 is 11.1 Å². The molecule has 4 nitrogen and oxygen atoms in total. The van der Waals surface area contributed by atoms with Crippen molar-refractivity contribution in [1.29, 1.82) is 0 Å². The van der Waals surface area contributed by atoms with Crippen LogP contribution in [0.5, 0.6) is 0 Å². The van der Waals surface area contributed by atoms with Crippen LogP contribution in [-0.2, 0) is 6.42 Å². The van der Waals surface area contributed by atoms with Gasteiger partial charge in [0.05, 0.1) is 6.10 Å². The molecule has 0 amide bonds. The summed E-state index contributed by atoms with van der Waals surface area (Å²) in [4.78, 5) is 4.00. The minimum atomic E-state index is -0.590. The number of aromatic nitrogens is 1. The van der Waals surface area contributed by atoms with E-state index >= 15 is 0 Å². The Morgan fingerprint density at radius 3 is 2.52 bits per heavy atom. The zero-order valence-electron chi connectivity index (χ0n) is 12.6. The first-order valence-corrected chi connectivity index (χ1v) is 7.15. The highest BCUT2D eigenvalue weighted by molar-refractivity contribution is 5.30. The monoisotopic (exact) mass is 285 g/mol. The van der Waals surface area contributed by atoms with E-state index in [1.54, 1.807) is 18.3 Å². The van der Waals surface area contributed by atoms with Gasteiger partial charge in [-0.2, -0.15) is 0 Å². The zero-order valence-corrected chi connectivity index (χ0v) is 12.6. The van der Waals surface area contributed by atoms with Crippen LogP contribution in [0.4, 0.5) is 5.82 Å². The third-order valence-corrected chi connectivity index (χ3v) is 3.46. The fourth-order valence-electron chi connectivity index (χ4n) is 2.27. The Bertz CT molecular complexity index is 552. The van der Waals surface area contributed by atoms with Crippen molar-refractivity contribution in [2.24, 2.45) is 0 Å². The standard InChI is InChI=1S/C17H23N3O/c1-17(2,10-13-6-4-3-5-7-13)20-12-15(21)14-8-9-16(18)19-11-14/h3-9,11,15,20-21H,10,12H2,1-2H3,(H2,18,19). The largest absolute Gasteiger partial charge is 0.387 e. The molecule has 1 heterocycles. The summed E-state index contributed by atoms with van der Waals surface area (Å²) in [6.07, 6.45) is 1.93. The number of pyridine rings is 1. The number of β-amino-alcohol motifs (C(OH)–C–C–N with tert-alkyl or cyclic N) is 1. The van der Waals surface area contributed by atoms with Crippen molar-refractivity contribution >= 4 is 5.82 Å². The smallest absolute Gasteiger partial charge is 0.123 e. The molecular formula is C17H23N3O. The molecule has 0 fully saturated rings. The number of aliphatic hydroxyl groups excluding tert-OH is 1. The average Bonchev–Trinajstić information content (AvgIpc) is 2.46. The second-order valence-electron chi connectivity index (χ2n) is 5.96. The maximum atomic E-state index is 10.2. The van der Waals surface area contributed by atoms with Crippen LogP contribution in [0.3, 0.4) is 0 Å². The minimum absolute atomic E-state index is 0.0937. The van der Waals surface area contributed by atoms with Crippen LogP contribution >= 0.6 is 0 Å². The fourth-order valence-corrected chi connectivity index (χ4v) is 2.27. The Hall–Kier alpha value is -1.91. The van der Waals surface area contributed by atoms with E-state index in [0.717, 1.165) is 12.0 Å². The molecule has 0 spiro atoms. The molecule has 2 aromatic rings. The molecule has 0 bridgehead atoms. The topological polar surface area (TPSA) is 71.2 Å². The summed E-state index contributed by atoms with van der Waals surface area (Å²) in [5.74, 6) is 0.461. The van der Waals surface area contributed by atoms with E-state index < -0.39 is 6.10 Å². The van der Waals surface area contributed by atoms with E-state index in [9.17, 15) is 5.11 Å². The van der Waals surface area contributed by atoms with Gasteiger partial charge in [-0.1, -0.05) is 36.4 Å². The van der Waals surface area contributed by atoms with Crippen molar-refractivity contribution in [3.8, 4) is 0 Å². The van der Waals surface area contributed by atoms with Gasteiger partial charge < -0.3 is 16.2 Å². The van der Waals surface area contributed by atoms with Crippen LogP contribution in [0.15, 0.2) is 48.7 Å². The Morgan fingerprint density at radius 1 is 1.19 bits per heavy atom. The third-order valence-electron chi connectivity index (χ3n) is 3.46. The summed E-state index contributed by atoms with van der Waals surface area (Å²) in [5.41, 5.74) is 7.50. The molecule has 0 saturated heterocycles. The lowest BCUT2D eigenvalue weighted by Gasteiger charge is -2.28. The van der Waals surface area contributed by atoms with E-state index in [4.69, 9.17) is 5.73 Å². The number of nitrogen functional groups attached to an aromatic ring is 1. The maximum absolute atomic E-state index is 10.2. The Morgan fingerprint density at radius 2 is 1.90 bits per heavy atom. The summed E-state index contributed by atoms with van der Waals surface area (Å²) in [6, 6.07) is 13.8. The van der Waals surface area contributed by atoms with Crippen LogP contribution in [0.1, 0.15) is 31.1 Å². The van der Waals surface area contributed by atoms with Gasteiger partial charge in [-0.05, 0) is 31.9 Å². The highest BCUT2D eigenvalue weighted by Gasteiger charge is 2.19. The molecule has 112 valence electrons. The molecule has 0 aliphatic carbocycles. The SMILES string of the molecule is CC(C)(Cc1ccccc1)NCC(O)c1ccc(N)nc1. The number of nitrogens with one attached hydrogen (secondary N) is 1. The fraction of sp³-hybridized carbons (Fsp3) is 0.353. The van der Waals surface area contributed by atoms with Gasteiger partial charge in [-0.15, -0.1) is 0 Å². The molecule has 0 aliphatic rings. The number of anilines is 1. The first-order valence-electron chi connectivity index (χ1n) is 7.15. The molecular weight excluding hydrogens is 262 g/mol. The van der Waals surface area contributed by atoms with Crippen molar-refractivity contribution in [1.82, 2.24) is 10.3 Å². The normalized spacial score (nSPS) is 13.1. The Labute approximate surface area is 126 Å². The number of nitrogens with two attached hydrogens (primary N) is 1. The van der Waals surface area contributed by atoms with Crippen molar-refractivity contribution in [3.05, 3.63) is 59.8 Å². The van der Waals surface area contributed by atoms with Gasteiger partial charge in [0.1, 0.15) is 5.82 Å². The number of rotatable bonds is 6. The number of hydrogen-bond acceptors (Lipinski definition) is 4. The quantitative estimate of drug-likeness (QED) is 0.761. The van der Waals surface area contributed by atoms with Crippen LogP contribution in [0, 0.1) is 0 Å². The first kappa shape index (κ1) is 15.5. The Balaban J connectivity index is 1.90. The minimum Gasteiger partial charge on any atom is -0.387 e. The predicted molar refractivity (Wildman–Crippen MR) is 85.8 cm³/mol. The summed E-state index contributed by atoms with van der Waals surface area (Å²) in [7, 11) is 0. The molecule has 1 aromatic heterocycles. The second kappa shape index (κ2) is 6.70. The van der Waals surface area contributed by atoms with E-state index in [1.165, 1.54) is 5.56 Å². The number of hydrogen-bond donors (Lipinski definition) is 3. The van der Waals surface area contributed by atoms with Crippen LogP contribution in [0.25, 0.3) is 0 Å². The molecule has 1 unspecified atom stereocenters. The molecule has 4 heteroatoms. The lowest BCUT2D eigenvalue weighted by Crippen LogP contribution is -2.43. The third kappa shape index (κ3) is 4.85. The average molecular weight is 285 g/mol. The summed E-state index contributed by atoms with van der Waals surface area (Å²) >= 11 is 0. The van der Waals surface area contributed by atoms with Crippen LogP contribution in [-0.4, -0.2) is 22.2 Å². The van der Waals surface area contributed by atoms with Gasteiger partial charge in [0.2, 0.25) is 0 Å². The molecule has 2 rings (SSSR count). The molecule has 1 atom stereocenters. The van der Waals surface area contributed by atoms with Gasteiger partial charge >= 0.3 is 0 Å². The summed E-state index contributed by atoms with van der Waals surface area (Å²) in [6.45, 7) is 4.74. The molecule has 1 aromatic carbocycles. The van der Waals surface area contributed by atoms with Crippen LogP contribution in [0.2, 0.25) is 0 Å². The molecule has 21 heavy (non-hydrogen) atoms. The maximum Gasteiger partial charge on any atom is 0.123 e. The molecule has 0 aliphatic heterocycles. The number of nitrogens with zero attached hydrogens (tertiary/aromatic N) is 1. The summed E-state index contributed by atoms with van der Waals surface area (Å²) in [5, 5.41) is 13.6. The highest BCUT2D eigenvalue weighted by Crippen LogP contribution is 2.16. The van der Waals surface area contributed by atoms with Gasteiger partial charge in [-0.3, -0.25) is 0 Å². The van der Waals surface area contributed by atoms with E-state index in [1.807, 2.05) is 18.2 Å². The van der Waals surface area contributed by atoms with E-state index in [-0.39, 0.29) is 5.54 Å². The van der Waals surface area contributed by atoms with Gasteiger partial charge in [0.25, 0.3) is 0 Å². The lowest BCUT2D eigenvalue weighted by atomic mass is 9.94. The predicted octanol–water partition coefficient (Wildman–Crippen LogP) is 2.31. The van der Waals surface area contributed by atoms with Crippen molar-refractivity contribution in [3.63, 3.8) is 0 Å². The van der Waals surface area contributed by atoms with Crippen molar-refractivity contribution in [2.75, 3.05) is 12.3 Å². The van der Waals surface area contributed by atoms with Gasteiger partial charge in [-0.25, -0.2) is 4.98 Å². The van der Waals surface area contributed by atoms with E-state index in [2.05, 4.69) is 36.3 Å². The van der Waals surface area contributed by atoms with Gasteiger partial charge in [0.15, 0.2) is 0 Å². The van der Waals surface area contributed by atoms with Crippen molar-refractivity contribution < 1.29 is 5.11 Å². The highest BCUT2D eigenvalue weighted by atomic mass is 16.3. The van der Waals surface area contributed by atoms with Crippen molar-refractivity contribution in [2.45, 2.75) is 31.9 Å². The molecule has 0 saturated carbocycles. The number of aliphatic hydroxyl groups is 1. The first-order chi connectivity index (χ1) is 9.96.